The van der Waals surface area contributed by atoms with E-state index in [1.165, 1.54) is 18.2 Å². The Bertz CT molecular complexity index is 961. The first-order valence-electron chi connectivity index (χ1n) is 9.18. The van der Waals surface area contributed by atoms with Crippen LogP contribution in [-0.4, -0.2) is 44.9 Å². The second kappa shape index (κ2) is 6.86. The molecule has 2 saturated heterocycles. The third-order valence-corrected chi connectivity index (χ3v) is 9.58. The molecule has 1 unspecified atom stereocenters. The predicted octanol–water partition coefficient (Wildman–Crippen LogP) is 2.26. The van der Waals surface area contributed by atoms with Crippen molar-refractivity contribution in [2.75, 3.05) is 10.1 Å². The molecule has 1 aromatic rings. The minimum atomic E-state index is -3.72. The van der Waals surface area contributed by atoms with Gasteiger partial charge in [0.15, 0.2) is 0 Å². The molecule has 7 nitrogen and oxygen atoms in total. The summed E-state index contributed by atoms with van der Waals surface area (Å²) in [6.07, 6.45) is 2.64. The fourth-order valence-electron chi connectivity index (χ4n) is 4.12. The molecule has 0 spiro atoms. The molecule has 0 radical (unpaired) electrons. The van der Waals surface area contributed by atoms with Crippen LogP contribution in [-0.2, 0) is 24.8 Å². The highest BCUT2D eigenvalue weighted by Gasteiger charge is 2.42. The highest BCUT2D eigenvalue weighted by Crippen LogP contribution is 2.34. The molecule has 2 aliphatic rings. The summed E-state index contributed by atoms with van der Waals surface area (Å²) in [5.41, 5.74) is 0.626. The van der Waals surface area contributed by atoms with Gasteiger partial charge in [-0.3, -0.25) is 4.79 Å². The Labute approximate surface area is 161 Å². The van der Waals surface area contributed by atoms with Crippen LogP contribution in [0.5, 0.6) is 0 Å². The zero-order chi connectivity index (χ0) is 20.1. The van der Waals surface area contributed by atoms with Crippen molar-refractivity contribution in [3.05, 3.63) is 23.8 Å². The lowest BCUT2D eigenvalue weighted by Gasteiger charge is -2.38. The van der Waals surface area contributed by atoms with Gasteiger partial charge in [0.2, 0.25) is 26.0 Å². The molecule has 150 valence electrons. The van der Waals surface area contributed by atoms with Gasteiger partial charge in [-0.1, -0.05) is 13.3 Å². The van der Waals surface area contributed by atoms with Crippen molar-refractivity contribution in [2.45, 2.75) is 63.9 Å². The van der Waals surface area contributed by atoms with Crippen molar-refractivity contribution < 1.29 is 21.6 Å². The number of nitrogens with zero attached hydrogens (tertiary/aromatic N) is 2. The van der Waals surface area contributed by atoms with Crippen molar-refractivity contribution >= 4 is 31.6 Å². The minimum Gasteiger partial charge on any atom is -0.273 e. The zero-order valence-corrected chi connectivity index (χ0v) is 17.7. The number of carbonyl (C=O) groups is 1. The van der Waals surface area contributed by atoms with E-state index in [0.29, 0.717) is 5.56 Å². The molecule has 0 aromatic heterocycles. The molecule has 3 rings (SSSR count). The third-order valence-electron chi connectivity index (χ3n) is 5.42. The Hall–Kier alpha value is -1.45. The number of hydrogen-bond donors (Lipinski definition) is 0. The number of aryl methyl sites for hydroxylation is 1. The first-order chi connectivity index (χ1) is 12.5. The topological polar surface area (TPSA) is 91.8 Å². The Morgan fingerprint density at radius 1 is 1.07 bits per heavy atom. The molecule has 3 atom stereocenters. The van der Waals surface area contributed by atoms with Crippen LogP contribution >= 0.6 is 0 Å². The second-order valence-corrected chi connectivity index (χ2v) is 11.4. The van der Waals surface area contributed by atoms with E-state index in [1.54, 1.807) is 18.2 Å². The molecular weight excluding hydrogens is 388 g/mol. The maximum atomic E-state index is 13.2. The Kier molecular flexibility index (Phi) is 5.15. The fraction of sp³-hybridized carbons (Fsp3) is 0.611. The lowest BCUT2D eigenvalue weighted by atomic mass is 10.0. The number of carbonyl (C=O) groups excluding carboxylic acids is 1. The van der Waals surface area contributed by atoms with Gasteiger partial charge in [-0.2, -0.15) is 4.31 Å². The average molecular weight is 415 g/mol. The normalized spacial score (nSPS) is 29.3. The number of anilines is 1. The Morgan fingerprint density at radius 2 is 1.67 bits per heavy atom. The van der Waals surface area contributed by atoms with Crippen molar-refractivity contribution in [1.82, 2.24) is 4.31 Å². The van der Waals surface area contributed by atoms with Crippen LogP contribution in [0.3, 0.4) is 0 Å². The number of amides is 1. The van der Waals surface area contributed by atoms with E-state index in [9.17, 15) is 21.6 Å². The summed E-state index contributed by atoms with van der Waals surface area (Å²) in [5, 5.41) is 0. The molecule has 2 fully saturated rings. The van der Waals surface area contributed by atoms with Crippen LogP contribution < -0.4 is 4.31 Å². The third kappa shape index (κ3) is 3.40. The van der Waals surface area contributed by atoms with Gasteiger partial charge < -0.3 is 0 Å². The lowest BCUT2D eigenvalue weighted by molar-refractivity contribution is -0.119. The highest BCUT2D eigenvalue weighted by molar-refractivity contribution is 7.94. The molecular formula is C18H26N2O5S2. The van der Waals surface area contributed by atoms with Gasteiger partial charge in [0.05, 0.1) is 22.3 Å². The summed E-state index contributed by atoms with van der Waals surface area (Å²) in [7, 11) is -7.42. The van der Waals surface area contributed by atoms with Crippen molar-refractivity contribution in [3.63, 3.8) is 0 Å². The van der Waals surface area contributed by atoms with Gasteiger partial charge in [-0.25, -0.2) is 21.1 Å². The van der Waals surface area contributed by atoms with Crippen molar-refractivity contribution in [1.29, 1.82) is 0 Å². The summed E-state index contributed by atoms with van der Waals surface area (Å²) >= 11 is 0. The minimum absolute atomic E-state index is 0.0841. The SMILES string of the molecule is Cc1cc(N2C(=O)C(C)CS2(=O)=O)ccc1S(=O)(=O)N1[C@H](C)CCC[C@@H]1C. The van der Waals surface area contributed by atoms with E-state index in [4.69, 9.17) is 0 Å². The van der Waals surface area contributed by atoms with Crippen LogP contribution in [0.4, 0.5) is 5.69 Å². The van der Waals surface area contributed by atoms with E-state index in [1.807, 2.05) is 13.8 Å². The number of rotatable bonds is 3. The number of piperidine rings is 1. The van der Waals surface area contributed by atoms with Gasteiger partial charge in [0.1, 0.15) is 0 Å². The molecule has 9 heteroatoms. The largest absolute Gasteiger partial charge is 0.273 e. The van der Waals surface area contributed by atoms with Gasteiger partial charge in [0, 0.05) is 12.1 Å². The first kappa shape index (κ1) is 20.3. The van der Waals surface area contributed by atoms with Gasteiger partial charge in [-0.15, -0.1) is 0 Å². The molecule has 2 aliphatic heterocycles. The summed E-state index contributed by atoms with van der Waals surface area (Å²) in [4.78, 5) is 12.4. The van der Waals surface area contributed by atoms with Crippen LogP contribution in [0, 0.1) is 12.8 Å². The lowest BCUT2D eigenvalue weighted by Crippen LogP contribution is -2.47. The highest BCUT2D eigenvalue weighted by atomic mass is 32.2. The zero-order valence-electron chi connectivity index (χ0n) is 16.0. The second-order valence-electron chi connectivity index (χ2n) is 7.70. The summed E-state index contributed by atoms with van der Waals surface area (Å²) < 4.78 is 53.4. The molecule has 0 N–H and O–H groups in total. The molecule has 1 aromatic carbocycles. The maximum absolute atomic E-state index is 13.2. The van der Waals surface area contributed by atoms with Gasteiger partial charge in [-0.05, 0) is 57.4 Å². The monoisotopic (exact) mass is 414 g/mol. The maximum Gasteiger partial charge on any atom is 0.244 e. The van der Waals surface area contributed by atoms with E-state index in [-0.39, 0.29) is 28.4 Å². The molecule has 0 bridgehead atoms. The standard InChI is InChI=1S/C18H26N2O5S2/c1-12-10-16(20-18(21)13(2)11-26(20,22)23)8-9-17(12)27(24,25)19-14(3)6-5-7-15(19)4/h8-10,13-15H,5-7,11H2,1-4H3/t13?,14-,15+. The molecule has 2 heterocycles. The number of sulfonamides is 2. The van der Waals surface area contributed by atoms with Gasteiger partial charge >= 0.3 is 0 Å². The fourth-order valence-corrected chi connectivity index (χ4v) is 8.02. The van der Waals surface area contributed by atoms with Crippen molar-refractivity contribution in [3.8, 4) is 0 Å². The molecule has 27 heavy (non-hydrogen) atoms. The predicted molar refractivity (Wildman–Crippen MR) is 103 cm³/mol. The Balaban J connectivity index is 2.02. The van der Waals surface area contributed by atoms with Crippen LogP contribution in [0.15, 0.2) is 23.1 Å². The Morgan fingerprint density at radius 3 is 2.15 bits per heavy atom. The first-order valence-corrected chi connectivity index (χ1v) is 12.2. The van der Waals surface area contributed by atoms with Gasteiger partial charge in [0.25, 0.3) is 0 Å². The molecule has 0 aliphatic carbocycles. The van der Waals surface area contributed by atoms with Crippen LogP contribution in [0.1, 0.15) is 45.6 Å². The van der Waals surface area contributed by atoms with Crippen LogP contribution in [0.25, 0.3) is 0 Å². The van der Waals surface area contributed by atoms with E-state index in [2.05, 4.69) is 0 Å². The smallest absolute Gasteiger partial charge is 0.244 e. The van der Waals surface area contributed by atoms with Crippen molar-refractivity contribution in [2.24, 2.45) is 5.92 Å². The molecule has 0 saturated carbocycles. The average Bonchev–Trinajstić information content (AvgIpc) is 2.74. The molecule has 1 amide bonds. The quantitative estimate of drug-likeness (QED) is 0.756. The summed E-state index contributed by atoms with van der Waals surface area (Å²) in [6, 6.07) is 4.13. The number of benzene rings is 1. The summed E-state index contributed by atoms with van der Waals surface area (Å²) in [6.45, 7) is 7.03. The number of hydrogen-bond acceptors (Lipinski definition) is 5. The summed E-state index contributed by atoms with van der Waals surface area (Å²) in [5.74, 6) is -1.31. The van der Waals surface area contributed by atoms with Crippen LogP contribution in [0.2, 0.25) is 0 Å². The van der Waals surface area contributed by atoms with E-state index < -0.39 is 31.9 Å². The van der Waals surface area contributed by atoms with E-state index >= 15 is 0 Å². The van der Waals surface area contributed by atoms with E-state index in [0.717, 1.165) is 23.6 Å².